The number of fused-ring (bicyclic) bond motifs is 2. The lowest BCUT2D eigenvalue weighted by molar-refractivity contribution is -0.127. The number of aliphatic imine (C=N–C) groups is 1. The molecule has 0 saturated carbocycles. The Hall–Kier alpha value is -2.95. The molecule has 3 atom stereocenters. The molecule has 3 unspecified atom stereocenters. The van der Waals surface area contributed by atoms with Crippen molar-refractivity contribution < 1.29 is 14.4 Å². The molecular formula is C23H26N6O3S. The zero-order valence-corrected chi connectivity index (χ0v) is 18.9. The molecule has 2 saturated heterocycles. The average molecular weight is 467 g/mol. The molecule has 3 aliphatic heterocycles. The van der Waals surface area contributed by atoms with Crippen molar-refractivity contribution in [2.75, 3.05) is 23.7 Å². The number of amides is 3. The molecule has 0 radical (unpaired) electrons. The van der Waals surface area contributed by atoms with Crippen LogP contribution in [0.2, 0.25) is 0 Å². The van der Waals surface area contributed by atoms with Crippen LogP contribution in [-0.4, -0.2) is 53.9 Å². The van der Waals surface area contributed by atoms with Gasteiger partial charge >= 0.3 is 0 Å². The van der Waals surface area contributed by atoms with E-state index in [4.69, 9.17) is 4.99 Å². The summed E-state index contributed by atoms with van der Waals surface area (Å²) in [6, 6.07) is 13.2. The first-order valence-corrected chi connectivity index (χ1v) is 12.2. The van der Waals surface area contributed by atoms with Gasteiger partial charge in [-0.3, -0.25) is 24.7 Å². The number of benzene rings is 2. The molecule has 2 fully saturated rings. The summed E-state index contributed by atoms with van der Waals surface area (Å²) in [5.41, 5.74) is 6.81. The van der Waals surface area contributed by atoms with Crippen LogP contribution in [0.25, 0.3) is 10.8 Å². The number of rotatable bonds is 4. The second kappa shape index (κ2) is 9.50. The van der Waals surface area contributed by atoms with Crippen molar-refractivity contribution in [3.63, 3.8) is 0 Å². The maximum Gasteiger partial charge on any atom is 0.242 e. The molecule has 172 valence electrons. The van der Waals surface area contributed by atoms with Crippen LogP contribution in [-0.2, 0) is 14.4 Å². The van der Waals surface area contributed by atoms with Crippen molar-refractivity contribution in [2.24, 2.45) is 10.9 Å². The van der Waals surface area contributed by atoms with Gasteiger partial charge in [0.25, 0.3) is 0 Å². The van der Waals surface area contributed by atoms with Crippen LogP contribution in [0.4, 0.5) is 5.69 Å². The molecule has 33 heavy (non-hydrogen) atoms. The molecule has 4 N–H and O–H groups in total. The van der Waals surface area contributed by atoms with Crippen molar-refractivity contribution >= 4 is 51.1 Å². The molecule has 5 rings (SSSR count). The second-order valence-corrected chi connectivity index (χ2v) is 9.30. The highest BCUT2D eigenvalue weighted by Gasteiger charge is 2.42. The number of amidine groups is 1. The lowest BCUT2D eigenvalue weighted by atomic mass is 10.0. The highest BCUT2D eigenvalue weighted by atomic mass is 32.2. The number of hydrazine groups is 1. The lowest BCUT2D eigenvalue weighted by Gasteiger charge is -2.33. The highest BCUT2D eigenvalue weighted by Crippen LogP contribution is 2.34. The Balaban J connectivity index is 1.38. The van der Waals surface area contributed by atoms with Crippen molar-refractivity contribution in [3.05, 3.63) is 42.5 Å². The van der Waals surface area contributed by atoms with E-state index in [-0.39, 0.29) is 35.6 Å². The molecule has 3 aliphatic rings. The van der Waals surface area contributed by atoms with E-state index in [1.54, 1.807) is 4.90 Å². The molecule has 9 nitrogen and oxygen atoms in total. The van der Waals surface area contributed by atoms with E-state index in [1.165, 1.54) is 11.8 Å². The third-order valence-corrected chi connectivity index (χ3v) is 7.09. The van der Waals surface area contributed by atoms with Gasteiger partial charge < -0.3 is 10.6 Å². The van der Waals surface area contributed by atoms with Crippen LogP contribution in [0.3, 0.4) is 0 Å². The topological polar surface area (TPSA) is 115 Å². The first-order chi connectivity index (χ1) is 16.1. The van der Waals surface area contributed by atoms with Crippen LogP contribution < -0.4 is 26.4 Å². The van der Waals surface area contributed by atoms with E-state index in [0.29, 0.717) is 24.7 Å². The fourth-order valence-electron chi connectivity index (χ4n) is 4.44. The smallest absolute Gasteiger partial charge is 0.242 e. The van der Waals surface area contributed by atoms with E-state index in [2.05, 4.69) is 21.5 Å². The van der Waals surface area contributed by atoms with Gasteiger partial charge in [0, 0.05) is 18.5 Å². The molecule has 10 heteroatoms. The molecule has 2 aromatic rings. The van der Waals surface area contributed by atoms with Crippen molar-refractivity contribution in [3.8, 4) is 0 Å². The van der Waals surface area contributed by atoms with Crippen LogP contribution in [0, 0.1) is 5.92 Å². The van der Waals surface area contributed by atoms with E-state index in [1.807, 2.05) is 42.5 Å². The molecule has 0 aliphatic carbocycles. The summed E-state index contributed by atoms with van der Waals surface area (Å²) >= 11 is 1.21. The number of hydrogen-bond acceptors (Lipinski definition) is 7. The predicted octanol–water partition coefficient (Wildman–Crippen LogP) is 1.11. The summed E-state index contributed by atoms with van der Waals surface area (Å²) in [5.74, 6) is -0.721. The Labute approximate surface area is 195 Å². The van der Waals surface area contributed by atoms with Gasteiger partial charge in [0.1, 0.15) is 12.2 Å². The van der Waals surface area contributed by atoms with E-state index >= 15 is 0 Å². The van der Waals surface area contributed by atoms with Gasteiger partial charge in [0.15, 0.2) is 5.17 Å². The van der Waals surface area contributed by atoms with Gasteiger partial charge in [-0.25, -0.2) is 10.4 Å². The van der Waals surface area contributed by atoms with E-state index in [0.717, 1.165) is 29.3 Å². The van der Waals surface area contributed by atoms with Crippen LogP contribution in [0.15, 0.2) is 47.5 Å². The number of hydrogen-bond donors (Lipinski definition) is 4. The monoisotopic (exact) mass is 466 g/mol. The normalized spacial score (nSPS) is 25.3. The Morgan fingerprint density at radius 2 is 2.00 bits per heavy atom. The number of nitrogens with one attached hydrogen (secondary N) is 4. The molecule has 3 amide bonds. The Morgan fingerprint density at radius 1 is 1.15 bits per heavy atom. The minimum Gasteiger partial charge on any atom is -0.354 e. The Morgan fingerprint density at radius 3 is 2.91 bits per heavy atom. The SMILES string of the molecule is O=C(CSC1=NC2NNCC2C(=O)N1c1cccc2ccccc12)NC1CCCCNC1=O. The number of thioether (sulfide) groups is 1. The average Bonchev–Trinajstić information content (AvgIpc) is 3.21. The molecule has 0 aromatic heterocycles. The quantitative estimate of drug-likeness (QED) is 0.537. The lowest BCUT2D eigenvalue weighted by Crippen LogP contribution is -2.50. The summed E-state index contributed by atoms with van der Waals surface area (Å²) in [6.07, 6.45) is 2.05. The summed E-state index contributed by atoms with van der Waals surface area (Å²) in [6.45, 7) is 1.13. The van der Waals surface area contributed by atoms with Gasteiger partial charge in [-0.05, 0) is 30.7 Å². The number of carbonyl (C=O) groups excluding carboxylic acids is 3. The van der Waals surface area contributed by atoms with Crippen LogP contribution in [0.5, 0.6) is 0 Å². The summed E-state index contributed by atoms with van der Waals surface area (Å²) < 4.78 is 0. The Kier molecular flexibility index (Phi) is 6.30. The highest BCUT2D eigenvalue weighted by molar-refractivity contribution is 8.14. The number of anilines is 1. The predicted molar refractivity (Wildman–Crippen MR) is 129 cm³/mol. The summed E-state index contributed by atoms with van der Waals surface area (Å²) in [5, 5.41) is 8.09. The fourth-order valence-corrected chi connectivity index (χ4v) is 5.29. The summed E-state index contributed by atoms with van der Waals surface area (Å²) in [7, 11) is 0. The van der Waals surface area contributed by atoms with Crippen LogP contribution in [0.1, 0.15) is 19.3 Å². The van der Waals surface area contributed by atoms with Gasteiger partial charge in [0.05, 0.1) is 17.4 Å². The first-order valence-electron chi connectivity index (χ1n) is 11.2. The molecular weight excluding hydrogens is 440 g/mol. The van der Waals surface area contributed by atoms with Gasteiger partial charge in [-0.1, -0.05) is 48.2 Å². The standard InChI is InChI=1S/C23H26N6O3S/c30-19(26-17-9-3-4-11-24-21(17)31)13-33-23-27-20-16(12-25-28-20)22(32)29(23)18-10-5-7-14-6-1-2-8-15(14)18/h1-2,5-8,10,16-17,20,25,28H,3-4,9,11-13H2,(H,24,31)(H,26,30). The van der Waals surface area contributed by atoms with E-state index < -0.39 is 6.04 Å². The molecule has 2 aromatic carbocycles. The zero-order valence-electron chi connectivity index (χ0n) is 18.0. The Bertz CT molecular complexity index is 1120. The zero-order chi connectivity index (χ0) is 22.8. The third-order valence-electron chi connectivity index (χ3n) is 6.14. The minimum absolute atomic E-state index is 0.0575. The number of nitrogens with zero attached hydrogens (tertiary/aromatic N) is 2. The third kappa shape index (κ3) is 4.46. The first kappa shape index (κ1) is 21.9. The molecule has 3 heterocycles. The van der Waals surface area contributed by atoms with Crippen LogP contribution >= 0.6 is 11.8 Å². The van der Waals surface area contributed by atoms with E-state index in [9.17, 15) is 14.4 Å². The van der Waals surface area contributed by atoms with Crippen molar-refractivity contribution in [2.45, 2.75) is 31.5 Å². The molecule has 0 bridgehead atoms. The maximum absolute atomic E-state index is 13.5. The van der Waals surface area contributed by atoms with Gasteiger partial charge in [-0.15, -0.1) is 0 Å². The minimum atomic E-state index is -0.519. The summed E-state index contributed by atoms with van der Waals surface area (Å²) in [4.78, 5) is 44.7. The van der Waals surface area contributed by atoms with Crippen molar-refractivity contribution in [1.29, 1.82) is 0 Å². The van der Waals surface area contributed by atoms with Crippen molar-refractivity contribution in [1.82, 2.24) is 21.5 Å². The second-order valence-electron chi connectivity index (χ2n) is 8.36. The van der Waals surface area contributed by atoms with Gasteiger partial charge in [-0.2, -0.15) is 0 Å². The van der Waals surface area contributed by atoms with Gasteiger partial charge in [0.2, 0.25) is 17.7 Å². The largest absolute Gasteiger partial charge is 0.354 e. The fraction of sp³-hybridized carbons (Fsp3) is 0.391. The number of carbonyl (C=O) groups is 3. The maximum atomic E-state index is 13.5. The molecule has 0 spiro atoms.